The summed E-state index contributed by atoms with van der Waals surface area (Å²) in [6.07, 6.45) is 2.62. The maximum absolute atomic E-state index is 6.03. The number of methoxy groups -OCH3 is 2. The largest absolute Gasteiger partial charge is 0.497 e. The van der Waals surface area contributed by atoms with Gasteiger partial charge < -0.3 is 19.9 Å². The van der Waals surface area contributed by atoms with Crippen molar-refractivity contribution in [2.75, 3.05) is 27.4 Å². The number of hydrogen-bond acceptors (Lipinski definition) is 4. The SMILES string of the molecule is CCC(N)Cc1cc(OC)ccc1OCCCOC. The molecule has 0 saturated carbocycles. The van der Waals surface area contributed by atoms with Gasteiger partial charge in [-0.2, -0.15) is 0 Å². The highest BCUT2D eigenvalue weighted by molar-refractivity contribution is 5.40. The van der Waals surface area contributed by atoms with Crippen molar-refractivity contribution in [1.29, 1.82) is 0 Å². The van der Waals surface area contributed by atoms with E-state index in [1.807, 2.05) is 18.2 Å². The Morgan fingerprint density at radius 1 is 1.21 bits per heavy atom. The van der Waals surface area contributed by atoms with Gasteiger partial charge in [-0.15, -0.1) is 0 Å². The van der Waals surface area contributed by atoms with Crippen LogP contribution in [0, 0.1) is 0 Å². The Morgan fingerprint density at radius 3 is 2.63 bits per heavy atom. The maximum atomic E-state index is 6.03. The smallest absolute Gasteiger partial charge is 0.122 e. The summed E-state index contributed by atoms with van der Waals surface area (Å²) in [5, 5.41) is 0. The van der Waals surface area contributed by atoms with Crippen molar-refractivity contribution >= 4 is 0 Å². The Bertz CT molecular complexity index is 368. The Hall–Kier alpha value is -1.26. The molecule has 0 aromatic heterocycles. The fourth-order valence-electron chi connectivity index (χ4n) is 1.80. The third-order valence-electron chi connectivity index (χ3n) is 3.02. The predicted octanol–water partition coefficient (Wildman–Crippen LogP) is 2.39. The Labute approximate surface area is 115 Å². The summed E-state index contributed by atoms with van der Waals surface area (Å²) >= 11 is 0. The molecule has 1 aromatic rings. The van der Waals surface area contributed by atoms with Gasteiger partial charge in [-0.1, -0.05) is 6.92 Å². The first-order valence-corrected chi connectivity index (χ1v) is 6.75. The van der Waals surface area contributed by atoms with Crippen LogP contribution < -0.4 is 15.2 Å². The van der Waals surface area contributed by atoms with E-state index < -0.39 is 0 Å². The number of nitrogens with two attached hydrogens (primary N) is 1. The average molecular weight is 267 g/mol. The molecule has 1 unspecified atom stereocenters. The lowest BCUT2D eigenvalue weighted by Gasteiger charge is -2.15. The van der Waals surface area contributed by atoms with Crippen LogP contribution in [-0.4, -0.2) is 33.5 Å². The third-order valence-corrected chi connectivity index (χ3v) is 3.02. The summed E-state index contributed by atoms with van der Waals surface area (Å²) in [5.41, 5.74) is 7.13. The van der Waals surface area contributed by atoms with Gasteiger partial charge in [0.05, 0.1) is 13.7 Å². The van der Waals surface area contributed by atoms with E-state index in [9.17, 15) is 0 Å². The second-order valence-electron chi connectivity index (χ2n) is 4.54. The molecule has 0 bridgehead atoms. The topological polar surface area (TPSA) is 53.7 Å². The minimum absolute atomic E-state index is 0.147. The van der Waals surface area contributed by atoms with Crippen molar-refractivity contribution in [2.24, 2.45) is 5.73 Å². The van der Waals surface area contributed by atoms with Crippen molar-refractivity contribution in [3.05, 3.63) is 23.8 Å². The van der Waals surface area contributed by atoms with Crippen LogP contribution in [0.25, 0.3) is 0 Å². The molecule has 1 aromatic carbocycles. The van der Waals surface area contributed by atoms with Crippen LogP contribution in [-0.2, 0) is 11.2 Å². The lowest BCUT2D eigenvalue weighted by atomic mass is 10.0. The molecule has 1 atom stereocenters. The number of ether oxygens (including phenoxy) is 3. The van der Waals surface area contributed by atoms with E-state index in [2.05, 4.69) is 6.92 Å². The Morgan fingerprint density at radius 2 is 2.00 bits per heavy atom. The molecule has 0 amide bonds. The molecule has 0 radical (unpaired) electrons. The first-order valence-electron chi connectivity index (χ1n) is 6.75. The van der Waals surface area contributed by atoms with Gasteiger partial charge in [-0.25, -0.2) is 0 Å². The Balaban J connectivity index is 2.71. The van der Waals surface area contributed by atoms with Crippen LogP contribution in [0.2, 0.25) is 0 Å². The van der Waals surface area contributed by atoms with E-state index in [-0.39, 0.29) is 6.04 Å². The van der Waals surface area contributed by atoms with Gasteiger partial charge in [-0.3, -0.25) is 0 Å². The van der Waals surface area contributed by atoms with E-state index in [4.69, 9.17) is 19.9 Å². The average Bonchev–Trinajstić information content (AvgIpc) is 2.44. The normalized spacial score (nSPS) is 12.2. The maximum Gasteiger partial charge on any atom is 0.122 e. The molecule has 0 heterocycles. The third kappa shape index (κ3) is 5.49. The van der Waals surface area contributed by atoms with E-state index in [1.165, 1.54) is 0 Å². The molecule has 19 heavy (non-hydrogen) atoms. The molecule has 0 spiro atoms. The summed E-state index contributed by atoms with van der Waals surface area (Å²) in [6, 6.07) is 6.00. The highest BCUT2D eigenvalue weighted by Gasteiger charge is 2.09. The minimum Gasteiger partial charge on any atom is -0.497 e. The fraction of sp³-hybridized carbons (Fsp3) is 0.600. The molecular weight excluding hydrogens is 242 g/mol. The van der Waals surface area contributed by atoms with Crippen LogP contribution in [0.15, 0.2) is 18.2 Å². The number of hydrogen-bond donors (Lipinski definition) is 1. The van der Waals surface area contributed by atoms with Crippen molar-refractivity contribution in [2.45, 2.75) is 32.2 Å². The fourth-order valence-corrected chi connectivity index (χ4v) is 1.80. The zero-order chi connectivity index (χ0) is 14.1. The van der Waals surface area contributed by atoms with Crippen LogP contribution in [0.3, 0.4) is 0 Å². The Kier molecular flexibility index (Phi) is 7.30. The van der Waals surface area contributed by atoms with E-state index in [1.54, 1.807) is 14.2 Å². The molecule has 0 aliphatic carbocycles. The zero-order valence-corrected chi connectivity index (χ0v) is 12.1. The zero-order valence-electron chi connectivity index (χ0n) is 12.1. The molecule has 4 heteroatoms. The second kappa shape index (κ2) is 8.77. The summed E-state index contributed by atoms with van der Waals surface area (Å²) in [4.78, 5) is 0. The van der Waals surface area contributed by atoms with Gasteiger partial charge in [0.25, 0.3) is 0 Å². The van der Waals surface area contributed by atoms with Crippen LogP contribution in [0.1, 0.15) is 25.3 Å². The van der Waals surface area contributed by atoms with Gasteiger partial charge in [0.15, 0.2) is 0 Å². The number of benzene rings is 1. The van der Waals surface area contributed by atoms with E-state index in [0.29, 0.717) is 13.2 Å². The molecule has 0 aliphatic rings. The summed E-state index contributed by atoms with van der Waals surface area (Å²) in [7, 11) is 3.36. The van der Waals surface area contributed by atoms with Crippen molar-refractivity contribution in [1.82, 2.24) is 0 Å². The molecule has 0 fully saturated rings. The highest BCUT2D eigenvalue weighted by atomic mass is 16.5. The van der Waals surface area contributed by atoms with E-state index in [0.717, 1.165) is 36.3 Å². The molecule has 2 N–H and O–H groups in total. The van der Waals surface area contributed by atoms with Crippen molar-refractivity contribution < 1.29 is 14.2 Å². The van der Waals surface area contributed by atoms with E-state index >= 15 is 0 Å². The standard InChI is InChI=1S/C15H25NO3/c1-4-13(16)10-12-11-14(18-3)6-7-15(12)19-9-5-8-17-2/h6-7,11,13H,4-5,8-10,16H2,1-3H3. The summed E-state index contributed by atoms with van der Waals surface area (Å²) < 4.78 is 16.1. The predicted molar refractivity (Wildman–Crippen MR) is 77.0 cm³/mol. The van der Waals surface area contributed by atoms with Gasteiger partial charge in [0.2, 0.25) is 0 Å². The van der Waals surface area contributed by atoms with Gasteiger partial charge in [0, 0.05) is 26.2 Å². The van der Waals surface area contributed by atoms with Crippen LogP contribution in [0.5, 0.6) is 11.5 Å². The van der Waals surface area contributed by atoms with Gasteiger partial charge in [-0.05, 0) is 36.6 Å². The lowest BCUT2D eigenvalue weighted by molar-refractivity contribution is 0.171. The monoisotopic (exact) mass is 267 g/mol. The highest BCUT2D eigenvalue weighted by Crippen LogP contribution is 2.25. The second-order valence-corrected chi connectivity index (χ2v) is 4.54. The van der Waals surface area contributed by atoms with Gasteiger partial charge in [0.1, 0.15) is 11.5 Å². The summed E-state index contributed by atoms with van der Waals surface area (Å²) in [6.45, 7) is 3.44. The molecule has 0 aliphatic heterocycles. The summed E-state index contributed by atoms with van der Waals surface area (Å²) in [5.74, 6) is 1.73. The molecular formula is C15H25NO3. The molecule has 1 rings (SSSR count). The van der Waals surface area contributed by atoms with Crippen LogP contribution >= 0.6 is 0 Å². The first-order chi connectivity index (χ1) is 9.21. The lowest BCUT2D eigenvalue weighted by Crippen LogP contribution is -2.21. The minimum atomic E-state index is 0.147. The molecule has 0 saturated heterocycles. The first kappa shape index (κ1) is 15.8. The molecule has 108 valence electrons. The van der Waals surface area contributed by atoms with Crippen molar-refractivity contribution in [3.8, 4) is 11.5 Å². The van der Waals surface area contributed by atoms with Crippen LogP contribution in [0.4, 0.5) is 0 Å². The molecule has 4 nitrogen and oxygen atoms in total. The number of rotatable bonds is 9. The van der Waals surface area contributed by atoms with Crippen molar-refractivity contribution in [3.63, 3.8) is 0 Å². The quantitative estimate of drug-likeness (QED) is 0.698. The van der Waals surface area contributed by atoms with Gasteiger partial charge >= 0.3 is 0 Å².